The van der Waals surface area contributed by atoms with Crippen molar-refractivity contribution in [3.05, 3.63) is 53.6 Å². The molecule has 0 aromatic heterocycles. The zero-order valence-corrected chi connectivity index (χ0v) is 16.2. The van der Waals surface area contributed by atoms with Gasteiger partial charge in [0.2, 0.25) is 0 Å². The highest BCUT2D eigenvalue weighted by Gasteiger charge is 2.38. The molecular weight excluding hydrogens is 370 g/mol. The molecule has 3 heterocycles. The van der Waals surface area contributed by atoms with Gasteiger partial charge in [0.25, 0.3) is 5.78 Å². The number of fused-ring (bicyclic) bond motifs is 2. The summed E-state index contributed by atoms with van der Waals surface area (Å²) in [5.41, 5.74) is 2.33. The van der Waals surface area contributed by atoms with E-state index in [4.69, 9.17) is 9.47 Å². The third-order valence-corrected chi connectivity index (χ3v) is 5.69. The highest BCUT2D eigenvalue weighted by Crippen LogP contribution is 2.40. The Morgan fingerprint density at radius 2 is 1.48 bits per heavy atom. The predicted octanol–water partition coefficient (Wildman–Crippen LogP) is 1.76. The Balaban J connectivity index is 1.26. The van der Waals surface area contributed by atoms with Crippen molar-refractivity contribution >= 4 is 17.4 Å². The molecule has 29 heavy (non-hydrogen) atoms. The number of amides is 1. The van der Waals surface area contributed by atoms with E-state index in [1.165, 1.54) is 5.56 Å². The van der Waals surface area contributed by atoms with Gasteiger partial charge in [-0.05, 0) is 11.6 Å². The van der Waals surface area contributed by atoms with Gasteiger partial charge in [-0.1, -0.05) is 30.3 Å². The largest absolute Gasteiger partial charge is 0.486 e. The van der Waals surface area contributed by atoms with Crippen molar-refractivity contribution < 1.29 is 19.1 Å². The number of carbonyl (C=O) groups excluding carboxylic acids is 2. The topological polar surface area (TPSA) is 62.3 Å². The van der Waals surface area contributed by atoms with Gasteiger partial charge in [0.15, 0.2) is 11.5 Å². The lowest BCUT2D eigenvalue weighted by Gasteiger charge is -2.36. The zero-order chi connectivity index (χ0) is 19.8. The molecule has 5 rings (SSSR count). The molecular formula is C22H23N3O4. The fourth-order valence-corrected chi connectivity index (χ4v) is 4.10. The first kappa shape index (κ1) is 18.1. The zero-order valence-electron chi connectivity index (χ0n) is 16.2. The van der Waals surface area contributed by atoms with Crippen LogP contribution in [0.4, 0.5) is 5.69 Å². The molecule has 0 aliphatic carbocycles. The van der Waals surface area contributed by atoms with Crippen LogP contribution in [-0.4, -0.2) is 67.6 Å². The minimum Gasteiger partial charge on any atom is -0.486 e. The van der Waals surface area contributed by atoms with Gasteiger partial charge < -0.3 is 9.47 Å². The summed E-state index contributed by atoms with van der Waals surface area (Å²) in [5.74, 6) is 0.177. The number of ketones is 1. The van der Waals surface area contributed by atoms with E-state index in [1.54, 1.807) is 17.0 Å². The van der Waals surface area contributed by atoms with Crippen LogP contribution in [0.15, 0.2) is 42.5 Å². The molecule has 0 N–H and O–H groups in total. The van der Waals surface area contributed by atoms with Crippen LogP contribution in [0.3, 0.4) is 0 Å². The van der Waals surface area contributed by atoms with Crippen molar-refractivity contribution in [3.8, 4) is 11.5 Å². The molecule has 0 unspecified atom stereocenters. The molecule has 0 saturated carbocycles. The lowest BCUT2D eigenvalue weighted by atomic mass is 10.1. The first-order valence-electron chi connectivity index (χ1n) is 9.97. The Kier molecular flexibility index (Phi) is 4.69. The van der Waals surface area contributed by atoms with Crippen molar-refractivity contribution in [1.29, 1.82) is 0 Å². The normalized spacial score (nSPS) is 19.5. The van der Waals surface area contributed by atoms with Crippen molar-refractivity contribution in [2.75, 3.05) is 51.0 Å². The summed E-state index contributed by atoms with van der Waals surface area (Å²) in [6.45, 7) is 5.83. The molecule has 3 aliphatic heterocycles. The summed E-state index contributed by atoms with van der Waals surface area (Å²) in [4.78, 5) is 31.3. The predicted molar refractivity (Wildman–Crippen MR) is 107 cm³/mol. The molecule has 0 spiro atoms. The number of hydrogen-bond acceptors (Lipinski definition) is 6. The number of ether oxygens (including phenoxy) is 2. The van der Waals surface area contributed by atoms with Crippen LogP contribution in [0.2, 0.25) is 0 Å². The Hall–Kier alpha value is -2.90. The first-order chi connectivity index (χ1) is 14.2. The van der Waals surface area contributed by atoms with Gasteiger partial charge in [-0.2, -0.15) is 0 Å². The first-order valence-corrected chi connectivity index (χ1v) is 9.97. The molecule has 0 bridgehead atoms. The molecule has 7 heteroatoms. The van der Waals surface area contributed by atoms with Gasteiger partial charge in [0.1, 0.15) is 13.2 Å². The van der Waals surface area contributed by atoms with Crippen LogP contribution < -0.4 is 14.4 Å². The van der Waals surface area contributed by atoms with Crippen LogP contribution in [0.5, 0.6) is 11.5 Å². The highest BCUT2D eigenvalue weighted by atomic mass is 16.6. The van der Waals surface area contributed by atoms with Gasteiger partial charge in [-0.3, -0.25) is 24.3 Å². The van der Waals surface area contributed by atoms with Gasteiger partial charge >= 0.3 is 5.91 Å². The smallest absolute Gasteiger partial charge is 0.300 e. The molecule has 1 fully saturated rings. The van der Waals surface area contributed by atoms with Crippen LogP contribution in [0.25, 0.3) is 0 Å². The summed E-state index contributed by atoms with van der Waals surface area (Å²) in [6.07, 6.45) is 0. The maximum atomic E-state index is 12.6. The average molecular weight is 393 g/mol. The quantitative estimate of drug-likeness (QED) is 0.738. The van der Waals surface area contributed by atoms with Crippen LogP contribution in [-0.2, 0) is 11.3 Å². The third-order valence-electron chi connectivity index (χ3n) is 5.69. The van der Waals surface area contributed by atoms with Gasteiger partial charge in [0.05, 0.1) is 17.9 Å². The molecule has 3 aliphatic rings. The molecule has 0 radical (unpaired) electrons. The second kappa shape index (κ2) is 7.50. The lowest BCUT2D eigenvalue weighted by molar-refractivity contribution is -0.114. The van der Waals surface area contributed by atoms with Crippen molar-refractivity contribution in [1.82, 2.24) is 9.80 Å². The summed E-state index contributed by atoms with van der Waals surface area (Å²) < 4.78 is 11.2. The Morgan fingerprint density at radius 1 is 0.828 bits per heavy atom. The maximum absolute atomic E-state index is 12.6. The Bertz CT molecular complexity index is 939. The highest BCUT2D eigenvalue weighted by molar-refractivity contribution is 6.52. The van der Waals surface area contributed by atoms with E-state index in [9.17, 15) is 9.59 Å². The minimum absolute atomic E-state index is 0.405. The standard InChI is InChI=1S/C22H23N3O4/c26-21-17-12-19-20(29-11-10-28-19)13-18(17)25(22(21)27)15-24-8-6-23(7-9-24)14-16-4-2-1-3-5-16/h1-5,12-13H,6-11,14-15H2. The van der Waals surface area contributed by atoms with E-state index in [0.29, 0.717) is 42.6 Å². The monoisotopic (exact) mass is 393 g/mol. The van der Waals surface area contributed by atoms with Crippen LogP contribution >= 0.6 is 0 Å². The number of Topliss-reactive ketones (excluding diaryl/α,β-unsaturated/α-hetero) is 1. The molecule has 0 atom stereocenters. The third kappa shape index (κ3) is 3.47. The number of hydrogen-bond donors (Lipinski definition) is 0. The van der Waals surface area contributed by atoms with E-state index in [-0.39, 0.29) is 0 Å². The van der Waals surface area contributed by atoms with Gasteiger partial charge in [-0.15, -0.1) is 0 Å². The summed E-state index contributed by atoms with van der Waals surface area (Å²) in [7, 11) is 0. The summed E-state index contributed by atoms with van der Waals surface area (Å²) in [6, 6.07) is 13.8. The Morgan fingerprint density at radius 3 is 2.21 bits per heavy atom. The second-order valence-electron chi connectivity index (χ2n) is 7.60. The number of benzene rings is 2. The maximum Gasteiger partial charge on any atom is 0.300 e. The average Bonchev–Trinajstić information content (AvgIpc) is 2.98. The summed E-state index contributed by atoms with van der Waals surface area (Å²) >= 11 is 0. The van der Waals surface area contributed by atoms with Crippen molar-refractivity contribution in [2.45, 2.75) is 6.54 Å². The van der Waals surface area contributed by atoms with Gasteiger partial charge in [-0.25, -0.2) is 0 Å². The molecule has 2 aromatic carbocycles. The minimum atomic E-state index is -0.478. The number of piperazine rings is 1. The fourth-order valence-electron chi connectivity index (χ4n) is 4.10. The number of rotatable bonds is 4. The second-order valence-corrected chi connectivity index (χ2v) is 7.60. The van der Waals surface area contributed by atoms with Crippen LogP contribution in [0, 0.1) is 0 Å². The molecule has 150 valence electrons. The fraction of sp³-hybridized carbons (Fsp3) is 0.364. The van der Waals surface area contributed by atoms with Crippen LogP contribution in [0.1, 0.15) is 15.9 Å². The SMILES string of the molecule is O=C1C(=O)N(CN2CCN(Cc3ccccc3)CC2)c2cc3c(cc21)OCCO3. The number of nitrogens with zero attached hydrogens (tertiary/aromatic N) is 3. The molecule has 1 saturated heterocycles. The number of carbonyl (C=O) groups is 2. The van der Waals surface area contributed by atoms with E-state index in [0.717, 1.165) is 32.7 Å². The molecule has 1 amide bonds. The van der Waals surface area contributed by atoms with Gasteiger partial charge in [0, 0.05) is 38.8 Å². The summed E-state index contributed by atoms with van der Waals surface area (Å²) in [5, 5.41) is 0. The van der Waals surface area contributed by atoms with E-state index in [2.05, 4.69) is 34.1 Å². The van der Waals surface area contributed by atoms with Crippen molar-refractivity contribution in [2.24, 2.45) is 0 Å². The molecule has 7 nitrogen and oxygen atoms in total. The van der Waals surface area contributed by atoms with E-state index < -0.39 is 11.7 Å². The van der Waals surface area contributed by atoms with E-state index >= 15 is 0 Å². The van der Waals surface area contributed by atoms with Crippen molar-refractivity contribution in [3.63, 3.8) is 0 Å². The Labute approximate surface area is 169 Å². The number of anilines is 1. The van der Waals surface area contributed by atoms with E-state index in [1.807, 2.05) is 6.07 Å². The lowest BCUT2D eigenvalue weighted by Crippen LogP contribution is -2.50. The molecule has 2 aromatic rings.